The molecular weight excluding hydrogens is 259 g/mol. The van der Waals surface area contributed by atoms with E-state index in [1.807, 2.05) is 6.07 Å². The van der Waals surface area contributed by atoms with E-state index < -0.39 is 0 Å². The van der Waals surface area contributed by atoms with Crippen LogP contribution < -0.4 is 5.32 Å². The predicted octanol–water partition coefficient (Wildman–Crippen LogP) is 4.01. The van der Waals surface area contributed by atoms with Gasteiger partial charge in [0.1, 0.15) is 10.8 Å². The smallest absolute Gasteiger partial charge is 0.124 e. The number of nitrogens with zero attached hydrogens (tertiary/aromatic N) is 1. The summed E-state index contributed by atoms with van der Waals surface area (Å²) in [5.74, 6) is -0.212. The maximum absolute atomic E-state index is 13.3. The molecule has 1 aromatic heterocycles. The minimum atomic E-state index is -0.212. The predicted molar refractivity (Wildman–Crippen MR) is 78.9 cm³/mol. The van der Waals surface area contributed by atoms with E-state index >= 15 is 0 Å². The topological polar surface area (TPSA) is 24.9 Å². The molecule has 0 spiro atoms. The van der Waals surface area contributed by atoms with E-state index in [4.69, 9.17) is 0 Å². The van der Waals surface area contributed by atoms with Crippen LogP contribution in [0.2, 0.25) is 0 Å². The Morgan fingerprint density at radius 3 is 2.84 bits per heavy atom. The lowest BCUT2D eigenvalue weighted by molar-refractivity contribution is 0.628. The average molecular weight is 278 g/mol. The Kier molecular flexibility index (Phi) is 5.05. The Hall–Kier alpha value is -1.26. The first-order chi connectivity index (χ1) is 9.24. The van der Waals surface area contributed by atoms with Crippen LogP contribution in [0.1, 0.15) is 30.8 Å². The quantitative estimate of drug-likeness (QED) is 0.808. The van der Waals surface area contributed by atoms with Gasteiger partial charge in [0, 0.05) is 17.0 Å². The summed E-state index contributed by atoms with van der Waals surface area (Å²) in [7, 11) is 0. The van der Waals surface area contributed by atoms with Crippen molar-refractivity contribution in [2.24, 2.45) is 0 Å². The van der Waals surface area contributed by atoms with Crippen LogP contribution in [0.15, 0.2) is 24.3 Å². The average Bonchev–Trinajstić information content (AvgIpc) is 2.82. The molecule has 0 aliphatic rings. The number of hydrogen-bond donors (Lipinski definition) is 1. The molecule has 0 aliphatic carbocycles. The standard InChI is InChI=1S/C15H19FN2S/c1-3-8-17-10-14-13(4-2)18-15(19-14)11-6-5-7-12(16)9-11/h5-7,9,17H,3-4,8,10H2,1-2H3. The zero-order valence-electron chi connectivity index (χ0n) is 11.4. The number of aryl methyl sites for hydroxylation is 1. The molecule has 0 fully saturated rings. The first-order valence-corrected chi connectivity index (χ1v) is 7.51. The fourth-order valence-corrected chi connectivity index (χ4v) is 3.04. The van der Waals surface area contributed by atoms with Gasteiger partial charge in [0.2, 0.25) is 0 Å². The van der Waals surface area contributed by atoms with Gasteiger partial charge >= 0.3 is 0 Å². The van der Waals surface area contributed by atoms with Gasteiger partial charge in [-0.15, -0.1) is 11.3 Å². The Morgan fingerprint density at radius 2 is 2.16 bits per heavy atom. The third-order valence-electron chi connectivity index (χ3n) is 2.90. The van der Waals surface area contributed by atoms with E-state index in [0.29, 0.717) is 0 Å². The lowest BCUT2D eigenvalue weighted by atomic mass is 10.2. The number of rotatable bonds is 6. The number of halogens is 1. The van der Waals surface area contributed by atoms with Gasteiger partial charge in [-0.2, -0.15) is 0 Å². The third-order valence-corrected chi connectivity index (χ3v) is 4.04. The van der Waals surface area contributed by atoms with Crippen molar-refractivity contribution < 1.29 is 4.39 Å². The lowest BCUT2D eigenvalue weighted by Gasteiger charge is -2.01. The summed E-state index contributed by atoms with van der Waals surface area (Å²) in [6, 6.07) is 6.64. The number of aromatic nitrogens is 1. The Labute approximate surface area is 117 Å². The fraction of sp³-hybridized carbons (Fsp3) is 0.400. The molecule has 0 aliphatic heterocycles. The molecule has 2 aromatic rings. The summed E-state index contributed by atoms with van der Waals surface area (Å²) in [5, 5.41) is 4.31. The van der Waals surface area contributed by atoms with Crippen molar-refractivity contribution in [3.63, 3.8) is 0 Å². The first kappa shape index (κ1) is 14.2. The molecule has 1 N–H and O–H groups in total. The van der Waals surface area contributed by atoms with E-state index in [2.05, 4.69) is 24.1 Å². The van der Waals surface area contributed by atoms with Crippen molar-refractivity contribution in [2.75, 3.05) is 6.54 Å². The molecule has 0 amide bonds. The van der Waals surface area contributed by atoms with Crippen molar-refractivity contribution in [3.05, 3.63) is 40.7 Å². The minimum Gasteiger partial charge on any atom is -0.312 e. The molecule has 0 atom stereocenters. The fourth-order valence-electron chi connectivity index (χ4n) is 1.92. The van der Waals surface area contributed by atoms with E-state index in [1.165, 1.54) is 10.9 Å². The number of hydrogen-bond acceptors (Lipinski definition) is 3. The number of nitrogens with one attached hydrogen (secondary N) is 1. The summed E-state index contributed by atoms with van der Waals surface area (Å²) < 4.78 is 13.3. The lowest BCUT2D eigenvalue weighted by Crippen LogP contribution is -2.13. The largest absolute Gasteiger partial charge is 0.312 e. The van der Waals surface area contributed by atoms with Gasteiger partial charge in [-0.25, -0.2) is 9.37 Å². The highest BCUT2D eigenvalue weighted by molar-refractivity contribution is 7.15. The van der Waals surface area contributed by atoms with Crippen LogP contribution in [-0.2, 0) is 13.0 Å². The molecule has 0 radical (unpaired) electrons. The molecule has 1 aromatic carbocycles. The number of benzene rings is 1. The SMILES string of the molecule is CCCNCc1sc(-c2cccc(F)c2)nc1CC. The van der Waals surface area contributed by atoms with E-state index in [0.717, 1.165) is 42.2 Å². The van der Waals surface area contributed by atoms with Gasteiger partial charge in [-0.05, 0) is 31.5 Å². The highest BCUT2D eigenvalue weighted by Gasteiger charge is 2.11. The third kappa shape index (κ3) is 3.61. The molecule has 1 heterocycles. The highest BCUT2D eigenvalue weighted by atomic mass is 32.1. The van der Waals surface area contributed by atoms with Crippen LogP contribution in [0.25, 0.3) is 10.6 Å². The van der Waals surface area contributed by atoms with Gasteiger partial charge < -0.3 is 5.32 Å². The molecule has 0 bridgehead atoms. The van der Waals surface area contributed by atoms with Crippen molar-refractivity contribution in [1.29, 1.82) is 0 Å². The Morgan fingerprint density at radius 1 is 1.32 bits per heavy atom. The first-order valence-electron chi connectivity index (χ1n) is 6.69. The van der Waals surface area contributed by atoms with Gasteiger partial charge in [-0.1, -0.05) is 26.0 Å². The summed E-state index contributed by atoms with van der Waals surface area (Å²) in [5.41, 5.74) is 1.98. The van der Waals surface area contributed by atoms with Crippen LogP contribution in [0.4, 0.5) is 4.39 Å². The maximum Gasteiger partial charge on any atom is 0.124 e. The summed E-state index contributed by atoms with van der Waals surface area (Å²) in [6.07, 6.45) is 2.03. The number of thiazole rings is 1. The van der Waals surface area contributed by atoms with Crippen molar-refractivity contribution >= 4 is 11.3 Å². The van der Waals surface area contributed by atoms with Gasteiger partial charge in [-0.3, -0.25) is 0 Å². The summed E-state index contributed by atoms with van der Waals surface area (Å²) in [4.78, 5) is 5.89. The minimum absolute atomic E-state index is 0.212. The van der Waals surface area contributed by atoms with E-state index in [9.17, 15) is 4.39 Å². The molecule has 2 nitrogen and oxygen atoms in total. The van der Waals surface area contributed by atoms with Crippen LogP contribution in [-0.4, -0.2) is 11.5 Å². The van der Waals surface area contributed by atoms with Gasteiger partial charge in [0.05, 0.1) is 5.69 Å². The Balaban J connectivity index is 2.22. The molecule has 0 saturated carbocycles. The molecule has 0 unspecified atom stereocenters. The van der Waals surface area contributed by atoms with Crippen molar-refractivity contribution in [1.82, 2.24) is 10.3 Å². The summed E-state index contributed by atoms with van der Waals surface area (Å²) in [6.45, 7) is 6.12. The van der Waals surface area contributed by atoms with Crippen molar-refractivity contribution in [3.8, 4) is 10.6 Å². The highest BCUT2D eigenvalue weighted by Crippen LogP contribution is 2.28. The zero-order valence-corrected chi connectivity index (χ0v) is 12.2. The van der Waals surface area contributed by atoms with E-state index in [1.54, 1.807) is 23.5 Å². The van der Waals surface area contributed by atoms with Crippen LogP contribution >= 0.6 is 11.3 Å². The second kappa shape index (κ2) is 6.78. The van der Waals surface area contributed by atoms with E-state index in [-0.39, 0.29) is 5.82 Å². The zero-order chi connectivity index (χ0) is 13.7. The van der Waals surface area contributed by atoms with Gasteiger partial charge in [0.25, 0.3) is 0 Å². The molecule has 19 heavy (non-hydrogen) atoms. The normalized spacial score (nSPS) is 10.9. The monoisotopic (exact) mass is 278 g/mol. The molecule has 4 heteroatoms. The Bertz CT molecular complexity index is 537. The molecule has 2 rings (SSSR count). The molecule has 0 saturated heterocycles. The van der Waals surface area contributed by atoms with Crippen LogP contribution in [0, 0.1) is 5.82 Å². The molecular formula is C15H19FN2S. The second-order valence-electron chi connectivity index (χ2n) is 4.43. The maximum atomic E-state index is 13.3. The van der Waals surface area contributed by atoms with Crippen molar-refractivity contribution in [2.45, 2.75) is 33.2 Å². The van der Waals surface area contributed by atoms with Crippen LogP contribution in [0.5, 0.6) is 0 Å². The second-order valence-corrected chi connectivity index (χ2v) is 5.51. The van der Waals surface area contributed by atoms with Gasteiger partial charge in [0.15, 0.2) is 0 Å². The summed E-state index contributed by atoms with van der Waals surface area (Å²) >= 11 is 1.66. The molecule has 102 valence electrons. The van der Waals surface area contributed by atoms with Crippen LogP contribution in [0.3, 0.4) is 0 Å².